The average molecular weight is 249 g/mol. The van der Waals surface area contributed by atoms with Crippen molar-refractivity contribution in [3.8, 4) is 5.75 Å². The number of rotatable bonds is 6. The summed E-state index contributed by atoms with van der Waals surface area (Å²) in [4.78, 5) is 0. The van der Waals surface area contributed by atoms with Crippen LogP contribution in [0.25, 0.3) is 0 Å². The zero-order valence-corrected chi connectivity index (χ0v) is 11.5. The van der Waals surface area contributed by atoms with Gasteiger partial charge in [-0.15, -0.1) is 0 Å². The molecular formula is C15H23NO2. The van der Waals surface area contributed by atoms with E-state index in [-0.39, 0.29) is 0 Å². The first-order valence-electron chi connectivity index (χ1n) is 6.70. The summed E-state index contributed by atoms with van der Waals surface area (Å²) >= 11 is 0. The molecule has 0 atom stereocenters. The van der Waals surface area contributed by atoms with Crippen LogP contribution in [0.1, 0.15) is 26.7 Å². The average Bonchev–Trinajstić information content (AvgIpc) is 2.31. The van der Waals surface area contributed by atoms with Crippen molar-refractivity contribution in [1.29, 1.82) is 0 Å². The van der Waals surface area contributed by atoms with Crippen molar-refractivity contribution in [1.82, 2.24) is 0 Å². The van der Waals surface area contributed by atoms with Gasteiger partial charge in [-0.2, -0.15) is 0 Å². The third-order valence-electron chi connectivity index (χ3n) is 3.25. The van der Waals surface area contributed by atoms with Gasteiger partial charge < -0.3 is 14.8 Å². The Hall–Kier alpha value is -1.22. The molecule has 2 rings (SSSR count). The molecule has 1 aliphatic carbocycles. The molecule has 1 N–H and O–H groups in total. The smallest absolute Gasteiger partial charge is 0.142 e. The molecule has 3 nitrogen and oxygen atoms in total. The van der Waals surface area contributed by atoms with Gasteiger partial charge in [-0.05, 0) is 30.9 Å². The lowest BCUT2D eigenvalue weighted by Gasteiger charge is -2.35. The molecule has 1 fully saturated rings. The maximum Gasteiger partial charge on any atom is 0.142 e. The topological polar surface area (TPSA) is 30.5 Å². The minimum absolute atomic E-state index is 0.422. The highest BCUT2D eigenvalue weighted by molar-refractivity contribution is 5.57. The molecule has 1 saturated carbocycles. The first-order valence-corrected chi connectivity index (χ1v) is 6.70. The Balaban J connectivity index is 1.91. The summed E-state index contributed by atoms with van der Waals surface area (Å²) in [6.07, 6.45) is 2.58. The number of ether oxygens (including phenoxy) is 2. The van der Waals surface area contributed by atoms with E-state index >= 15 is 0 Å². The van der Waals surface area contributed by atoms with Crippen LogP contribution in [0.4, 0.5) is 5.69 Å². The second kappa shape index (κ2) is 6.10. The molecule has 1 aliphatic rings. The molecule has 0 unspecified atom stereocenters. The van der Waals surface area contributed by atoms with E-state index in [9.17, 15) is 0 Å². The Morgan fingerprint density at radius 2 is 2.00 bits per heavy atom. The van der Waals surface area contributed by atoms with E-state index in [0.29, 0.717) is 18.1 Å². The van der Waals surface area contributed by atoms with Gasteiger partial charge in [0.2, 0.25) is 0 Å². The van der Waals surface area contributed by atoms with Gasteiger partial charge >= 0.3 is 0 Å². The van der Waals surface area contributed by atoms with E-state index in [2.05, 4.69) is 25.2 Å². The van der Waals surface area contributed by atoms with Gasteiger partial charge in [-0.25, -0.2) is 0 Å². The van der Waals surface area contributed by atoms with Crippen molar-refractivity contribution >= 4 is 5.69 Å². The number of nitrogens with one attached hydrogen (secondary N) is 1. The number of hydrogen-bond donors (Lipinski definition) is 1. The summed E-state index contributed by atoms with van der Waals surface area (Å²) in [7, 11) is 1.78. The Morgan fingerprint density at radius 1 is 1.28 bits per heavy atom. The first kappa shape index (κ1) is 13.2. The summed E-state index contributed by atoms with van der Waals surface area (Å²) in [5.74, 6) is 1.49. The molecule has 0 aliphatic heterocycles. The van der Waals surface area contributed by atoms with Crippen LogP contribution in [0.3, 0.4) is 0 Å². The largest absolute Gasteiger partial charge is 0.491 e. The van der Waals surface area contributed by atoms with Gasteiger partial charge in [-0.3, -0.25) is 0 Å². The maximum atomic E-state index is 5.83. The van der Waals surface area contributed by atoms with Crippen molar-refractivity contribution in [3.63, 3.8) is 0 Å². The molecular weight excluding hydrogens is 226 g/mol. The molecule has 100 valence electrons. The minimum Gasteiger partial charge on any atom is -0.491 e. The van der Waals surface area contributed by atoms with Crippen molar-refractivity contribution < 1.29 is 9.47 Å². The van der Waals surface area contributed by atoms with Gasteiger partial charge in [-0.1, -0.05) is 26.0 Å². The highest BCUT2D eigenvalue weighted by Crippen LogP contribution is 2.31. The van der Waals surface area contributed by atoms with E-state index in [1.54, 1.807) is 7.11 Å². The van der Waals surface area contributed by atoms with Crippen LogP contribution in [0, 0.1) is 5.92 Å². The van der Waals surface area contributed by atoms with Crippen LogP contribution in [-0.2, 0) is 4.74 Å². The number of methoxy groups -OCH3 is 1. The zero-order valence-electron chi connectivity index (χ0n) is 11.5. The van der Waals surface area contributed by atoms with Gasteiger partial charge in [0.1, 0.15) is 5.75 Å². The second-order valence-electron chi connectivity index (χ2n) is 5.37. The molecule has 0 aromatic heterocycles. The van der Waals surface area contributed by atoms with E-state index in [1.807, 2.05) is 18.2 Å². The lowest BCUT2D eigenvalue weighted by atomic mass is 9.89. The highest BCUT2D eigenvalue weighted by atomic mass is 16.5. The standard InChI is InChI=1S/C15H23NO2/c1-11(2)10-18-15-7-5-4-6-14(15)16-12-8-13(9-12)17-3/h4-7,11-13,16H,8-10H2,1-3H3. The summed E-state index contributed by atoms with van der Waals surface area (Å²) in [5.41, 5.74) is 1.10. The van der Waals surface area contributed by atoms with Crippen molar-refractivity contribution in [2.75, 3.05) is 19.0 Å². The number of para-hydroxylation sites is 2. The van der Waals surface area contributed by atoms with Crippen LogP contribution in [0.15, 0.2) is 24.3 Å². The minimum atomic E-state index is 0.422. The van der Waals surface area contributed by atoms with Crippen LogP contribution in [-0.4, -0.2) is 25.9 Å². The van der Waals surface area contributed by atoms with Crippen LogP contribution in [0.2, 0.25) is 0 Å². The fourth-order valence-electron chi connectivity index (χ4n) is 2.06. The molecule has 0 spiro atoms. The fourth-order valence-corrected chi connectivity index (χ4v) is 2.06. The molecule has 1 aromatic rings. The Labute approximate surface area is 109 Å². The summed E-state index contributed by atoms with van der Waals surface area (Å²) in [5, 5.41) is 3.53. The predicted molar refractivity (Wildman–Crippen MR) is 74.2 cm³/mol. The molecule has 1 aromatic carbocycles. The van der Waals surface area contributed by atoms with Gasteiger partial charge in [0, 0.05) is 13.2 Å². The van der Waals surface area contributed by atoms with Gasteiger partial charge in [0.05, 0.1) is 18.4 Å². The molecule has 0 saturated heterocycles. The number of hydrogen-bond acceptors (Lipinski definition) is 3. The maximum absolute atomic E-state index is 5.83. The Kier molecular flexibility index (Phi) is 4.48. The van der Waals surface area contributed by atoms with E-state index < -0.39 is 0 Å². The predicted octanol–water partition coefficient (Wildman–Crippen LogP) is 3.31. The third kappa shape index (κ3) is 3.39. The van der Waals surface area contributed by atoms with Crippen molar-refractivity contribution in [2.45, 2.75) is 38.8 Å². The molecule has 18 heavy (non-hydrogen) atoms. The van der Waals surface area contributed by atoms with E-state index in [0.717, 1.165) is 30.9 Å². The number of benzene rings is 1. The SMILES string of the molecule is COC1CC(Nc2ccccc2OCC(C)C)C1. The Morgan fingerprint density at radius 3 is 2.67 bits per heavy atom. The van der Waals surface area contributed by atoms with Gasteiger partial charge in [0.15, 0.2) is 0 Å². The highest BCUT2D eigenvalue weighted by Gasteiger charge is 2.29. The summed E-state index contributed by atoms with van der Waals surface area (Å²) in [6, 6.07) is 8.67. The van der Waals surface area contributed by atoms with E-state index in [4.69, 9.17) is 9.47 Å². The zero-order chi connectivity index (χ0) is 13.0. The van der Waals surface area contributed by atoms with Crippen molar-refractivity contribution in [3.05, 3.63) is 24.3 Å². The fraction of sp³-hybridized carbons (Fsp3) is 0.600. The first-order chi connectivity index (χ1) is 8.69. The molecule has 3 heteroatoms. The summed E-state index contributed by atoms with van der Waals surface area (Å²) in [6.45, 7) is 5.07. The monoisotopic (exact) mass is 249 g/mol. The van der Waals surface area contributed by atoms with Crippen molar-refractivity contribution in [2.24, 2.45) is 5.92 Å². The second-order valence-corrected chi connectivity index (χ2v) is 5.37. The molecule has 0 amide bonds. The van der Waals surface area contributed by atoms with Gasteiger partial charge in [0.25, 0.3) is 0 Å². The summed E-state index contributed by atoms with van der Waals surface area (Å²) < 4.78 is 11.1. The molecule has 0 radical (unpaired) electrons. The normalized spacial score (nSPS) is 22.7. The molecule has 0 bridgehead atoms. The van der Waals surface area contributed by atoms with Crippen LogP contribution >= 0.6 is 0 Å². The van der Waals surface area contributed by atoms with E-state index in [1.165, 1.54) is 0 Å². The quantitative estimate of drug-likeness (QED) is 0.839. The third-order valence-corrected chi connectivity index (χ3v) is 3.25. The molecule has 0 heterocycles. The lowest BCUT2D eigenvalue weighted by Crippen LogP contribution is -2.40. The lowest BCUT2D eigenvalue weighted by molar-refractivity contribution is 0.0328. The van der Waals surface area contributed by atoms with Crippen LogP contribution < -0.4 is 10.1 Å². The number of anilines is 1. The van der Waals surface area contributed by atoms with Crippen LogP contribution in [0.5, 0.6) is 5.75 Å². The Bertz CT molecular complexity index is 373.